The highest BCUT2D eigenvalue weighted by Crippen LogP contribution is 2.45. The molecule has 1 saturated heterocycles. The van der Waals surface area contributed by atoms with Gasteiger partial charge in [-0.25, -0.2) is 9.69 Å². The van der Waals surface area contributed by atoms with Gasteiger partial charge in [-0.1, -0.05) is 27.7 Å². The molecule has 2 amide bonds. The fourth-order valence-electron chi connectivity index (χ4n) is 3.26. The van der Waals surface area contributed by atoms with Crippen molar-refractivity contribution < 1.29 is 23.5 Å². The number of nitrogens with zero attached hydrogens (tertiary/aromatic N) is 1. The van der Waals surface area contributed by atoms with Gasteiger partial charge >= 0.3 is 6.09 Å². The molecule has 142 valence electrons. The number of Topliss-reactive ketones (excluding diaryl/α,β-unsaturated/α-hetero) is 1. The Morgan fingerprint density at radius 3 is 2.52 bits per heavy atom. The molecule has 0 N–H and O–H groups in total. The molecule has 0 aromatic heterocycles. The minimum absolute atomic E-state index is 0.0537. The van der Waals surface area contributed by atoms with Gasteiger partial charge in [0.1, 0.15) is 12.4 Å². The van der Waals surface area contributed by atoms with E-state index in [2.05, 4.69) is 33.9 Å². The maximum absolute atomic E-state index is 12.6. The zero-order valence-corrected chi connectivity index (χ0v) is 17.3. The van der Waals surface area contributed by atoms with Crippen molar-refractivity contribution in [1.29, 1.82) is 0 Å². The van der Waals surface area contributed by atoms with Crippen molar-refractivity contribution in [3.63, 3.8) is 0 Å². The number of cyclic esters (lactones) is 1. The number of carbonyl (C=O) groups excluding carboxylic acids is 3. The van der Waals surface area contributed by atoms with Gasteiger partial charge in [-0.15, -0.1) is 0 Å². The molecule has 1 saturated carbocycles. The second-order valence-electron chi connectivity index (χ2n) is 9.11. The minimum atomic E-state index is -2.03. The first-order valence-corrected chi connectivity index (χ1v) is 11.9. The monoisotopic (exact) mass is 369 g/mol. The maximum Gasteiger partial charge on any atom is 0.416 e. The molecule has 0 spiro atoms. The first kappa shape index (κ1) is 20.1. The van der Waals surface area contributed by atoms with E-state index in [0.717, 1.165) is 4.90 Å². The third-order valence-corrected chi connectivity index (χ3v) is 10.4. The zero-order chi connectivity index (χ0) is 19.0. The third-order valence-electron chi connectivity index (χ3n) is 5.92. The summed E-state index contributed by atoms with van der Waals surface area (Å²) in [6, 6.07) is 0. The number of hydrogen-bond acceptors (Lipinski definition) is 5. The number of ketones is 1. The molecule has 1 aliphatic heterocycles. The Balaban J connectivity index is 2.18. The molecule has 2 aliphatic rings. The Morgan fingerprint density at radius 1 is 1.36 bits per heavy atom. The van der Waals surface area contributed by atoms with Crippen molar-refractivity contribution in [2.75, 3.05) is 13.2 Å². The fraction of sp³-hybridized carbons (Fsp3) is 0.833. The van der Waals surface area contributed by atoms with Crippen LogP contribution in [0.4, 0.5) is 4.79 Å². The molecule has 1 heterocycles. The van der Waals surface area contributed by atoms with Gasteiger partial charge in [0.15, 0.2) is 8.32 Å². The first-order valence-electron chi connectivity index (χ1n) is 9.02. The Bertz CT molecular complexity index is 568. The smallest absolute Gasteiger partial charge is 0.416 e. The summed E-state index contributed by atoms with van der Waals surface area (Å²) in [5.41, 5.74) is -0.579. The first-order chi connectivity index (χ1) is 11.4. The van der Waals surface area contributed by atoms with Gasteiger partial charge in [-0.3, -0.25) is 9.59 Å². The van der Waals surface area contributed by atoms with Gasteiger partial charge in [0.25, 0.3) is 0 Å². The van der Waals surface area contributed by atoms with Crippen LogP contribution in [0.5, 0.6) is 0 Å². The van der Waals surface area contributed by atoms with Crippen LogP contribution in [-0.2, 0) is 18.8 Å². The maximum atomic E-state index is 12.6. The molecule has 2 fully saturated rings. The number of ether oxygens (including phenoxy) is 1. The van der Waals surface area contributed by atoms with Crippen molar-refractivity contribution in [3.05, 3.63) is 0 Å². The molecule has 1 aliphatic carbocycles. The highest BCUT2D eigenvalue weighted by atomic mass is 28.4. The highest BCUT2D eigenvalue weighted by molar-refractivity contribution is 6.74. The van der Waals surface area contributed by atoms with Crippen LogP contribution in [0.3, 0.4) is 0 Å². The number of amides is 2. The van der Waals surface area contributed by atoms with Crippen LogP contribution >= 0.6 is 0 Å². The van der Waals surface area contributed by atoms with E-state index in [0.29, 0.717) is 19.3 Å². The van der Waals surface area contributed by atoms with E-state index in [-0.39, 0.29) is 42.4 Å². The molecular formula is C18H31NO5Si. The molecule has 0 radical (unpaired) electrons. The summed E-state index contributed by atoms with van der Waals surface area (Å²) in [6.07, 6.45) is 0.855. The van der Waals surface area contributed by atoms with E-state index in [1.807, 2.05) is 6.92 Å². The molecule has 7 heteroatoms. The minimum Gasteiger partial charge on any atom is -0.447 e. The van der Waals surface area contributed by atoms with Crippen molar-refractivity contribution in [2.45, 2.75) is 77.6 Å². The molecule has 6 nitrogen and oxygen atoms in total. The number of imide groups is 1. The van der Waals surface area contributed by atoms with E-state index >= 15 is 0 Å². The lowest BCUT2D eigenvalue weighted by Gasteiger charge is -2.47. The lowest BCUT2D eigenvalue weighted by Crippen LogP contribution is -2.52. The number of rotatable bonds is 4. The molecule has 25 heavy (non-hydrogen) atoms. The second-order valence-corrected chi connectivity index (χ2v) is 13.9. The topological polar surface area (TPSA) is 72.9 Å². The Labute approximate surface area is 151 Å². The van der Waals surface area contributed by atoms with Gasteiger partial charge in [0.2, 0.25) is 5.91 Å². The van der Waals surface area contributed by atoms with Crippen LogP contribution in [0.15, 0.2) is 0 Å². The van der Waals surface area contributed by atoms with Gasteiger partial charge < -0.3 is 9.16 Å². The van der Waals surface area contributed by atoms with Crippen molar-refractivity contribution >= 4 is 26.1 Å². The van der Waals surface area contributed by atoms with E-state index in [1.165, 1.54) is 0 Å². The van der Waals surface area contributed by atoms with Crippen LogP contribution in [0.2, 0.25) is 18.1 Å². The molecular weight excluding hydrogens is 338 g/mol. The predicted molar refractivity (Wildman–Crippen MR) is 96.7 cm³/mol. The molecule has 0 aromatic rings. The normalized spacial score (nSPS) is 28.2. The van der Waals surface area contributed by atoms with Crippen LogP contribution in [0.1, 0.15) is 53.4 Å². The Kier molecular flexibility index (Phi) is 5.49. The SMILES string of the molecule is CC(C)(C)[Si](C)(C)O[C@H]1CCC(=O)C[C@]1(C)CC(=O)N1CCOC1=O. The third kappa shape index (κ3) is 4.31. The summed E-state index contributed by atoms with van der Waals surface area (Å²) in [7, 11) is -2.03. The van der Waals surface area contributed by atoms with Crippen LogP contribution in [-0.4, -0.2) is 50.3 Å². The van der Waals surface area contributed by atoms with Crippen molar-refractivity contribution in [3.8, 4) is 0 Å². The summed E-state index contributed by atoms with van der Waals surface area (Å²) in [5, 5.41) is 0.0537. The molecule has 0 bridgehead atoms. The Morgan fingerprint density at radius 2 is 2.00 bits per heavy atom. The molecule has 2 atom stereocenters. The summed E-state index contributed by atoms with van der Waals surface area (Å²) in [5.74, 6) is -0.113. The quantitative estimate of drug-likeness (QED) is 0.709. The standard InChI is InChI=1S/C18H31NO5Si/c1-17(2,3)25(5,6)24-14-8-7-13(20)11-18(14,4)12-15(21)19-9-10-23-16(19)22/h14H,7-12H2,1-6H3/t14-,18+/m0/s1. The van der Waals surface area contributed by atoms with E-state index in [1.54, 1.807) is 0 Å². The van der Waals surface area contributed by atoms with Crippen LogP contribution < -0.4 is 0 Å². The van der Waals surface area contributed by atoms with Crippen molar-refractivity contribution in [2.24, 2.45) is 5.41 Å². The fourth-order valence-corrected chi connectivity index (χ4v) is 4.73. The van der Waals surface area contributed by atoms with Gasteiger partial charge in [-0.2, -0.15) is 0 Å². The van der Waals surface area contributed by atoms with Gasteiger partial charge in [0.05, 0.1) is 12.6 Å². The lowest BCUT2D eigenvalue weighted by molar-refractivity contribution is -0.137. The van der Waals surface area contributed by atoms with Gasteiger partial charge in [-0.05, 0) is 24.6 Å². The van der Waals surface area contributed by atoms with Crippen LogP contribution in [0, 0.1) is 5.41 Å². The summed E-state index contributed by atoms with van der Waals surface area (Å²) >= 11 is 0. The summed E-state index contributed by atoms with van der Waals surface area (Å²) < 4.78 is 11.5. The summed E-state index contributed by atoms with van der Waals surface area (Å²) in [4.78, 5) is 37.5. The second kappa shape index (κ2) is 6.83. The predicted octanol–water partition coefficient (Wildman–Crippen LogP) is 3.51. The molecule has 0 aromatic carbocycles. The Hall–Kier alpha value is -1.21. The van der Waals surface area contributed by atoms with E-state index < -0.39 is 19.8 Å². The zero-order valence-electron chi connectivity index (χ0n) is 16.3. The molecule has 0 unspecified atom stereocenters. The van der Waals surface area contributed by atoms with E-state index in [4.69, 9.17) is 9.16 Å². The average Bonchev–Trinajstić information content (AvgIpc) is 2.87. The van der Waals surface area contributed by atoms with Crippen LogP contribution in [0.25, 0.3) is 0 Å². The number of hydrogen-bond donors (Lipinski definition) is 0. The molecule has 2 rings (SSSR count). The largest absolute Gasteiger partial charge is 0.447 e. The van der Waals surface area contributed by atoms with Gasteiger partial charge in [0, 0.05) is 24.7 Å². The lowest BCUT2D eigenvalue weighted by atomic mass is 9.70. The summed E-state index contributed by atoms with van der Waals surface area (Å²) in [6.45, 7) is 13.4. The average molecular weight is 370 g/mol. The highest BCUT2D eigenvalue weighted by Gasteiger charge is 2.48. The van der Waals surface area contributed by atoms with Crippen molar-refractivity contribution in [1.82, 2.24) is 4.90 Å². The number of carbonyl (C=O) groups is 3. The van der Waals surface area contributed by atoms with E-state index in [9.17, 15) is 14.4 Å².